The van der Waals surface area contributed by atoms with Crippen LogP contribution in [0.4, 0.5) is 10.1 Å². The van der Waals surface area contributed by atoms with E-state index in [-0.39, 0.29) is 11.9 Å². The number of likely N-dealkylation sites (tertiary alicyclic amines) is 1. The van der Waals surface area contributed by atoms with E-state index in [0.29, 0.717) is 6.54 Å². The first kappa shape index (κ1) is 15.0. The highest BCUT2D eigenvalue weighted by Crippen LogP contribution is 2.22. The number of piperidine rings is 1. The summed E-state index contributed by atoms with van der Waals surface area (Å²) >= 11 is 0. The van der Waals surface area contributed by atoms with Gasteiger partial charge in [0.2, 0.25) is 5.91 Å². The summed E-state index contributed by atoms with van der Waals surface area (Å²) in [5.41, 5.74) is 3.01. The van der Waals surface area contributed by atoms with Crippen LogP contribution >= 0.6 is 0 Å². The summed E-state index contributed by atoms with van der Waals surface area (Å²) in [6.45, 7) is 4.75. The molecule has 0 aromatic heterocycles. The molecule has 0 spiro atoms. The summed E-state index contributed by atoms with van der Waals surface area (Å²) in [5, 5.41) is 3.03. The first-order chi connectivity index (χ1) is 9.63. The van der Waals surface area contributed by atoms with Gasteiger partial charge in [-0.15, -0.1) is 0 Å². The predicted molar refractivity (Wildman–Crippen MR) is 79.7 cm³/mol. The van der Waals surface area contributed by atoms with Gasteiger partial charge in [-0.2, -0.15) is 0 Å². The summed E-state index contributed by atoms with van der Waals surface area (Å²) in [7, 11) is 0. The van der Waals surface area contributed by atoms with Crippen LogP contribution in [0.1, 0.15) is 30.4 Å². The molecule has 1 aliphatic heterocycles. The Morgan fingerprint density at radius 2 is 2.05 bits per heavy atom. The van der Waals surface area contributed by atoms with E-state index in [0.717, 1.165) is 42.6 Å². The van der Waals surface area contributed by atoms with Crippen LogP contribution in [0.25, 0.3) is 0 Å². The lowest BCUT2D eigenvalue weighted by atomic mass is 10.0. The number of halogens is 1. The Bertz CT molecular complexity index is 453. The summed E-state index contributed by atoms with van der Waals surface area (Å²) in [6, 6.07) is 5.76. The highest BCUT2D eigenvalue weighted by Gasteiger charge is 2.28. The maximum atomic E-state index is 12.6. The number of hydrogen-bond donors (Lipinski definition) is 1. The molecular formula is C16H23FN2O. The van der Waals surface area contributed by atoms with E-state index in [9.17, 15) is 9.18 Å². The third kappa shape index (κ3) is 3.37. The molecule has 1 aliphatic rings. The van der Waals surface area contributed by atoms with Gasteiger partial charge in [0.05, 0.1) is 6.04 Å². The van der Waals surface area contributed by atoms with Crippen molar-refractivity contribution in [2.45, 2.75) is 39.2 Å². The molecule has 1 N–H and O–H groups in total. The first-order valence-electron chi connectivity index (χ1n) is 7.30. The predicted octanol–water partition coefficient (Wildman–Crippen LogP) is 3.07. The normalized spacial score (nSPS) is 19.9. The number of amides is 1. The molecule has 110 valence electrons. The van der Waals surface area contributed by atoms with Gasteiger partial charge in [-0.05, 0) is 44.4 Å². The number of anilines is 1. The Kier molecular flexibility index (Phi) is 5.12. The average Bonchev–Trinajstić information content (AvgIpc) is 2.44. The van der Waals surface area contributed by atoms with Gasteiger partial charge in [-0.25, -0.2) is 4.39 Å². The smallest absolute Gasteiger partial charge is 0.241 e. The third-order valence-corrected chi connectivity index (χ3v) is 4.02. The number of nitrogens with one attached hydrogen (secondary N) is 1. The fraction of sp³-hybridized carbons (Fsp3) is 0.562. The second-order valence-corrected chi connectivity index (χ2v) is 5.49. The van der Waals surface area contributed by atoms with E-state index in [4.69, 9.17) is 0 Å². The minimum atomic E-state index is -0.396. The summed E-state index contributed by atoms with van der Waals surface area (Å²) in [6.07, 6.45) is 2.90. The van der Waals surface area contributed by atoms with Crippen LogP contribution in [0, 0.1) is 13.8 Å². The van der Waals surface area contributed by atoms with Crippen LogP contribution in [0.5, 0.6) is 0 Å². The van der Waals surface area contributed by atoms with Gasteiger partial charge >= 0.3 is 0 Å². The van der Waals surface area contributed by atoms with E-state index in [2.05, 4.69) is 5.32 Å². The van der Waals surface area contributed by atoms with Gasteiger partial charge in [-0.1, -0.05) is 24.6 Å². The van der Waals surface area contributed by atoms with Crippen LogP contribution in [-0.2, 0) is 4.79 Å². The van der Waals surface area contributed by atoms with Gasteiger partial charge in [0.25, 0.3) is 0 Å². The second-order valence-electron chi connectivity index (χ2n) is 5.49. The number of hydrogen-bond acceptors (Lipinski definition) is 2. The van der Waals surface area contributed by atoms with Crippen molar-refractivity contribution in [1.29, 1.82) is 0 Å². The summed E-state index contributed by atoms with van der Waals surface area (Å²) < 4.78 is 12.6. The maximum Gasteiger partial charge on any atom is 0.241 e. The number of carbonyl (C=O) groups is 1. The van der Waals surface area contributed by atoms with Gasteiger partial charge in [0.15, 0.2) is 0 Å². The zero-order valence-corrected chi connectivity index (χ0v) is 12.3. The fourth-order valence-corrected chi connectivity index (χ4v) is 2.88. The monoisotopic (exact) mass is 278 g/mol. The van der Waals surface area contributed by atoms with Crippen molar-refractivity contribution in [3.8, 4) is 0 Å². The molecule has 0 radical (unpaired) electrons. The van der Waals surface area contributed by atoms with Crippen LogP contribution < -0.4 is 5.32 Å². The molecule has 1 aromatic rings. The molecule has 2 rings (SSSR count). The molecule has 1 fully saturated rings. The standard InChI is InChI=1S/C16H23FN2O/c1-12-6-5-7-13(2)15(12)18-16(20)14-8-3-4-10-19(14)11-9-17/h5-7,14H,3-4,8-11H2,1-2H3,(H,18,20). The Hall–Kier alpha value is -1.42. The van der Waals surface area contributed by atoms with Crippen molar-refractivity contribution in [2.24, 2.45) is 0 Å². The van der Waals surface area contributed by atoms with Gasteiger partial charge in [0, 0.05) is 12.2 Å². The molecule has 1 amide bonds. The molecule has 0 aliphatic carbocycles. The molecule has 1 heterocycles. The van der Waals surface area contributed by atoms with Crippen LogP contribution in [0.2, 0.25) is 0 Å². The fourth-order valence-electron chi connectivity index (χ4n) is 2.88. The van der Waals surface area contributed by atoms with E-state index in [1.165, 1.54) is 0 Å². The number of alkyl halides is 1. The number of nitrogens with zero attached hydrogens (tertiary/aromatic N) is 1. The number of benzene rings is 1. The Balaban J connectivity index is 2.10. The van der Waals surface area contributed by atoms with Gasteiger partial charge in [0.1, 0.15) is 6.67 Å². The molecule has 20 heavy (non-hydrogen) atoms. The van der Waals surface area contributed by atoms with Crippen molar-refractivity contribution in [1.82, 2.24) is 4.90 Å². The quantitative estimate of drug-likeness (QED) is 0.918. The van der Waals surface area contributed by atoms with Crippen molar-refractivity contribution in [3.63, 3.8) is 0 Å². The molecular weight excluding hydrogens is 255 g/mol. The Morgan fingerprint density at radius 3 is 2.70 bits per heavy atom. The lowest BCUT2D eigenvalue weighted by molar-refractivity contribution is -0.122. The Morgan fingerprint density at radius 1 is 1.35 bits per heavy atom. The van der Waals surface area contributed by atoms with Crippen LogP contribution in [0.3, 0.4) is 0 Å². The number of carbonyl (C=O) groups excluding carboxylic acids is 1. The maximum absolute atomic E-state index is 12.6. The SMILES string of the molecule is Cc1cccc(C)c1NC(=O)C1CCCCN1CCF. The molecule has 1 aromatic carbocycles. The molecule has 1 atom stereocenters. The number of aryl methyl sites for hydroxylation is 2. The average molecular weight is 278 g/mol. The lowest BCUT2D eigenvalue weighted by Gasteiger charge is -2.34. The van der Waals surface area contributed by atoms with Crippen molar-refractivity contribution >= 4 is 11.6 Å². The Labute approximate surface area is 120 Å². The molecule has 1 unspecified atom stereocenters. The molecule has 0 saturated carbocycles. The van der Waals surface area contributed by atoms with Gasteiger partial charge in [-0.3, -0.25) is 9.69 Å². The zero-order valence-electron chi connectivity index (χ0n) is 12.3. The van der Waals surface area contributed by atoms with Crippen molar-refractivity contribution < 1.29 is 9.18 Å². The molecule has 0 bridgehead atoms. The number of para-hydroxylation sites is 1. The lowest BCUT2D eigenvalue weighted by Crippen LogP contribution is -2.47. The second kappa shape index (κ2) is 6.84. The van der Waals surface area contributed by atoms with Crippen molar-refractivity contribution in [3.05, 3.63) is 29.3 Å². The van der Waals surface area contributed by atoms with E-state index < -0.39 is 6.67 Å². The summed E-state index contributed by atoms with van der Waals surface area (Å²) in [4.78, 5) is 14.4. The summed E-state index contributed by atoms with van der Waals surface area (Å²) in [5.74, 6) is -0.00412. The zero-order chi connectivity index (χ0) is 14.5. The van der Waals surface area contributed by atoms with Crippen LogP contribution in [0.15, 0.2) is 18.2 Å². The molecule has 1 saturated heterocycles. The largest absolute Gasteiger partial charge is 0.324 e. The van der Waals surface area contributed by atoms with E-state index >= 15 is 0 Å². The topological polar surface area (TPSA) is 32.3 Å². The molecule has 3 nitrogen and oxygen atoms in total. The van der Waals surface area contributed by atoms with Crippen molar-refractivity contribution in [2.75, 3.05) is 25.1 Å². The number of rotatable bonds is 4. The van der Waals surface area contributed by atoms with Gasteiger partial charge < -0.3 is 5.32 Å². The minimum absolute atomic E-state index is 0.00412. The highest BCUT2D eigenvalue weighted by atomic mass is 19.1. The first-order valence-corrected chi connectivity index (χ1v) is 7.30. The van der Waals surface area contributed by atoms with Crippen LogP contribution in [-0.4, -0.2) is 36.6 Å². The third-order valence-electron chi connectivity index (χ3n) is 4.02. The van der Waals surface area contributed by atoms with E-state index in [1.807, 2.05) is 36.9 Å². The van der Waals surface area contributed by atoms with E-state index in [1.54, 1.807) is 0 Å². The molecule has 4 heteroatoms. The minimum Gasteiger partial charge on any atom is -0.324 e. The highest BCUT2D eigenvalue weighted by molar-refractivity contribution is 5.96.